The number of aromatic hydroxyl groups is 2. The van der Waals surface area contributed by atoms with E-state index in [9.17, 15) is 39.0 Å². The molecule has 0 aliphatic carbocycles. The SMILES string of the molecule is O=C(c1ccc(O)cc1)n1c(=O)c2cc3c(=O)n(C(=O)c4ccc(O)cc4)c(=O)c3cc2c1=O. The molecule has 2 aromatic heterocycles. The van der Waals surface area contributed by atoms with Crippen molar-refractivity contribution in [2.45, 2.75) is 0 Å². The number of phenols is 2. The van der Waals surface area contributed by atoms with Crippen molar-refractivity contribution in [3.05, 3.63) is 113 Å². The van der Waals surface area contributed by atoms with Crippen LogP contribution in [0.4, 0.5) is 0 Å². The Hall–Kier alpha value is -5.12. The Kier molecular flexibility index (Phi) is 4.40. The minimum Gasteiger partial charge on any atom is -0.508 e. The highest BCUT2D eigenvalue weighted by atomic mass is 16.3. The van der Waals surface area contributed by atoms with Crippen molar-refractivity contribution < 1.29 is 19.8 Å². The van der Waals surface area contributed by atoms with E-state index in [1.165, 1.54) is 48.5 Å². The molecule has 0 saturated heterocycles. The van der Waals surface area contributed by atoms with Crippen LogP contribution < -0.4 is 22.2 Å². The second-order valence-corrected chi connectivity index (χ2v) is 7.54. The standard InChI is InChI=1S/C24H12N2O8/c27-13-5-1-11(2-6-13)19(29)25-21(31)15-9-17-18(10-16(15)22(25)32)24(34)26(23(17)33)20(30)12-3-7-14(28)8-4-12/h1-10,27-28H. The van der Waals surface area contributed by atoms with E-state index in [0.717, 1.165) is 12.1 Å². The third kappa shape index (κ3) is 2.89. The molecule has 34 heavy (non-hydrogen) atoms. The molecule has 0 amide bonds. The molecule has 0 bridgehead atoms. The number of nitrogens with zero attached hydrogens (tertiary/aromatic N) is 2. The molecule has 10 heteroatoms. The van der Waals surface area contributed by atoms with E-state index >= 15 is 0 Å². The summed E-state index contributed by atoms with van der Waals surface area (Å²) >= 11 is 0. The Labute approximate surface area is 187 Å². The lowest BCUT2D eigenvalue weighted by Crippen LogP contribution is -2.33. The molecule has 0 unspecified atom stereocenters. The van der Waals surface area contributed by atoms with Gasteiger partial charge in [0.05, 0.1) is 21.5 Å². The van der Waals surface area contributed by atoms with Gasteiger partial charge in [0.25, 0.3) is 34.1 Å². The quantitative estimate of drug-likeness (QED) is 0.394. The van der Waals surface area contributed by atoms with E-state index < -0.39 is 34.1 Å². The zero-order valence-electron chi connectivity index (χ0n) is 17.0. The van der Waals surface area contributed by atoms with Crippen LogP contribution in [0.15, 0.2) is 79.8 Å². The van der Waals surface area contributed by atoms with E-state index in [2.05, 4.69) is 0 Å². The molecule has 5 rings (SSSR count). The van der Waals surface area contributed by atoms with Crippen molar-refractivity contribution in [2.24, 2.45) is 0 Å². The van der Waals surface area contributed by atoms with E-state index in [0.29, 0.717) is 9.13 Å². The predicted octanol–water partition coefficient (Wildman–Crippen LogP) is 0.701. The lowest BCUT2D eigenvalue weighted by molar-refractivity contribution is 0.0946. The van der Waals surface area contributed by atoms with E-state index in [1.54, 1.807) is 0 Å². The molecule has 5 aromatic rings. The Morgan fingerprint density at radius 1 is 0.500 bits per heavy atom. The van der Waals surface area contributed by atoms with Crippen LogP contribution in [0, 0.1) is 0 Å². The van der Waals surface area contributed by atoms with E-state index in [-0.39, 0.29) is 44.2 Å². The summed E-state index contributed by atoms with van der Waals surface area (Å²) in [6.07, 6.45) is 0. The van der Waals surface area contributed by atoms with Crippen molar-refractivity contribution in [1.82, 2.24) is 9.13 Å². The van der Waals surface area contributed by atoms with Crippen LogP contribution in [-0.2, 0) is 0 Å². The van der Waals surface area contributed by atoms with Gasteiger partial charge in [0, 0.05) is 11.1 Å². The van der Waals surface area contributed by atoms with Gasteiger partial charge >= 0.3 is 0 Å². The number of hydrogen-bond donors (Lipinski definition) is 2. The van der Waals surface area contributed by atoms with Gasteiger partial charge in [-0.2, -0.15) is 0 Å². The first kappa shape index (κ1) is 20.8. The van der Waals surface area contributed by atoms with Crippen LogP contribution >= 0.6 is 0 Å². The van der Waals surface area contributed by atoms with Crippen molar-refractivity contribution in [1.29, 1.82) is 0 Å². The summed E-state index contributed by atoms with van der Waals surface area (Å²) in [4.78, 5) is 77.0. The highest BCUT2D eigenvalue weighted by Crippen LogP contribution is 2.17. The molecule has 166 valence electrons. The zero-order chi connectivity index (χ0) is 24.3. The molecule has 2 heterocycles. The first-order valence-electron chi connectivity index (χ1n) is 9.81. The predicted molar refractivity (Wildman–Crippen MR) is 121 cm³/mol. The molecular formula is C24H12N2O8. The molecule has 0 fully saturated rings. The fourth-order valence-electron chi connectivity index (χ4n) is 3.81. The maximum atomic E-state index is 12.9. The second kappa shape index (κ2) is 7.20. The molecule has 0 spiro atoms. The van der Waals surface area contributed by atoms with Gasteiger partial charge in [-0.1, -0.05) is 0 Å². The van der Waals surface area contributed by atoms with Crippen molar-refractivity contribution >= 4 is 33.4 Å². The van der Waals surface area contributed by atoms with Crippen molar-refractivity contribution in [2.75, 3.05) is 0 Å². The van der Waals surface area contributed by atoms with Crippen LogP contribution in [-0.4, -0.2) is 31.2 Å². The fourth-order valence-corrected chi connectivity index (χ4v) is 3.81. The van der Waals surface area contributed by atoms with Gasteiger partial charge in [-0.25, -0.2) is 9.13 Å². The van der Waals surface area contributed by atoms with Crippen LogP contribution in [0.3, 0.4) is 0 Å². The number of phenolic OH excluding ortho intramolecular Hbond substituents is 2. The molecule has 0 aliphatic rings. The van der Waals surface area contributed by atoms with Crippen LogP contribution in [0.1, 0.15) is 20.7 Å². The third-order valence-corrected chi connectivity index (χ3v) is 5.53. The largest absolute Gasteiger partial charge is 0.508 e. The van der Waals surface area contributed by atoms with Gasteiger partial charge in [0.15, 0.2) is 0 Å². The maximum Gasteiger partial charge on any atom is 0.268 e. The number of fused-ring (bicyclic) bond motifs is 2. The Morgan fingerprint density at radius 2 is 0.765 bits per heavy atom. The average Bonchev–Trinajstić information content (AvgIpc) is 3.22. The summed E-state index contributed by atoms with van der Waals surface area (Å²) in [5.74, 6) is -2.10. The molecule has 3 aromatic carbocycles. The van der Waals surface area contributed by atoms with Crippen LogP contribution in [0.2, 0.25) is 0 Å². The van der Waals surface area contributed by atoms with Gasteiger partial charge in [0.1, 0.15) is 11.5 Å². The first-order chi connectivity index (χ1) is 16.2. The second-order valence-electron chi connectivity index (χ2n) is 7.54. The number of hydrogen-bond acceptors (Lipinski definition) is 8. The van der Waals surface area contributed by atoms with Gasteiger partial charge in [-0.15, -0.1) is 0 Å². The summed E-state index contributed by atoms with van der Waals surface area (Å²) in [6, 6.07) is 11.9. The van der Waals surface area contributed by atoms with Gasteiger partial charge in [-0.3, -0.25) is 28.8 Å². The Bertz CT molecular complexity index is 1650. The number of carbonyl (C=O) groups excluding carboxylic acids is 2. The molecule has 2 N–H and O–H groups in total. The summed E-state index contributed by atoms with van der Waals surface area (Å²) in [5, 5.41) is 17.7. The average molecular weight is 456 g/mol. The normalized spacial score (nSPS) is 11.3. The Morgan fingerprint density at radius 3 is 1.03 bits per heavy atom. The van der Waals surface area contributed by atoms with Gasteiger partial charge in [-0.05, 0) is 60.7 Å². The summed E-state index contributed by atoms with van der Waals surface area (Å²) in [5.41, 5.74) is -3.99. The highest BCUT2D eigenvalue weighted by Gasteiger charge is 2.25. The summed E-state index contributed by atoms with van der Waals surface area (Å²) in [6.45, 7) is 0. The van der Waals surface area contributed by atoms with E-state index in [4.69, 9.17) is 0 Å². The number of carbonyl (C=O) groups is 2. The molecule has 0 radical (unpaired) electrons. The maximum absolute atomic E-state index is 12.9. The van der Waals surface area contributed by atoms with E-state index in [1.807, 2.05) is 0 Å². The lowest BCUT2D eigenvalue weighted by atomic mass is 10.1. The minimum atomic E-state index is -0.982. The smallest absolute Gasteiger partial charge is 0.268 e. The molecule has 0 atom stereocenters. The molecule has 0 aliphatic heterocycles. The topological polar surface area (TPSA) is 153 Å². The monoisotopic (exact) mass is 456 g/mol. The molecular weight excluding hydrogens is 444 g/mol. The molecule has 10 nitrogen and oxygen atoms in total. The Balaban J connectivity index is 1.72. The third-order valence-electron chi connectivity index (χ3n) is 5.53. The number of benzene rings is 3. The fraction of sp³-hybridized carbons (Fsp3) is 0. The number of aromatic nitrogens is 2. The van der Waals surface area contributed by atoms with Crippen LogP contribution in [0.5, 0.6) is 11.5 Å². The number of rotatable bonds is 2. The lowest BCUT2D eigenvalue weighted by Gasteiger charge is -2.00. The van der Waals surface area contributed by atoms with Crippen molar-refractivity contribution in [3.8, 4) is 11.5 Å². The summed E-state index contributed by atoms with van der Waals surface area (Å²) < 4.78 is 0.779. The summed E-state index contributed by atoms with van der Waals surface area (Å²) in [7, 11) is 0. The van der Waals surface area contributed by atoms with Gasteiger partial charge < -0.3 is 10.2 Å². The first-order valence-corrected chi connectivity index (χ1v) is 9.81. The van der Waals surface area contributed by atoms with Gasteiger partial charge in [0.2, 0.25) is 0 Å². The van der Waals surface area contributed by atoms with Crippen LogP contribution in [0.25, 0.3) is 21.5 Å². The molecule has 0 saturated carbocycles. The minimum absolute atomic E-state index is 0.0299. The van der Waals surface area contributed by atoms with Crippen molar-refractivity contribution in [3.63, 3.8) is 0 Å². The highest BCUT2D eigenvalue weighted by molar-refractivity contribution is 6.04. The zero-order valence-corrected chi connectivity index (χ0v) is 17.0.